The number of halogens is 1. The molecule has 0 saturated heterocycles. The van der Waals surface area contributed by atoms with Crippen molar-refractivity contribution in [1.82, 2.24) is 0 Å². The highest BCUT2D eigenvalue weighted by molar-refractivity contribution is 9.10. The standard InChI is InChI=1S/C25H17BrO5/c1-29-21-11-8-18(26)13-17(21)14-23-25(28)20-10-9-19(15-22(20)31-23)30-24(27)12-7-16-5-3-2-4-6-16/h2-15H,1H3/b12-7+,23-14-. The minimum atomic E-state index is -0.525. The van der Waals surface area contributed by atoms with Crippen LogP contribution in [-0.4, -0.2) is 18.9 Å². The molecule has 0 saturated carbocycles. The van der Waals surface area contributed by atoms with E-state index in [-0.39, 0.29) is 17.3 Å². The van der Waals surface area contributed by atoms with Crippen LogP contribution in [0.15, 0.2) is 83.0 Å². The maximum absolute atomic E-state index is 12.7. The van der Waals surface area contributed by atoms with Gasteiger partial charge in [-0.25, -0.2) is 4.79 Å². The average Bonchev–Trinajstić information content (AvgIpc) is 3.08. The van der Waals surface area contributed by atoms with Crippen LogP contribution in [0.2, 0.25) is 0 Å². The molecule has 0 aliphatic carbocycles. The zero-order valence-electron chi connectivity index (χ0n) is 16.5. The third-order valence-corrected chi connectivity index (χ3v) is 5.04. The molecule has 3 aromatic carbocycles. The molecule has 4 rings (SSSR count). The van der Waals surface area contributed by atoms with Crippen LogP contribution in [0.25, 0.3) is 12.2 Å². The van der Waals surface area contributed by atoms with Crippen molar-refractivity contribution in [3.8, 4) is 17.2 Å². The van der Waals surface area contributed by atoms with Crippen LogP contribution in [0.3, 0.4) is 0 Å². The molecule has 31 heavy (non-hydrogen) atoms. The van der Waals surface area contributed by atoms with Crippen LogP contribution < -0.4 is 14.2 Å². The van der Waals surface area contributed by atoms with Crippen LogP contribution in [0.5, 0.6) is 17.2 Å². The molecule has 0 unspecified atom stereocenters. The maximum Gasteiger partial charge on any atom is 0.336 e. The fraction of sp³-hybridized carbons (Fsp3) is 0.0400. The molecule has 0 bridgehead atoms. The Morgan fingerprint density at radius 2 is 1.84 bits per heavy atom. The first-order chi connectivity index (χ1) is 15.0. The van der Waals surface area contributed by atoms with Crippen molar-refractivity contribution >= 4 is 39.8 Å². The van der Waals surface area contributed by atoms with E-state index in [0.717, 1.165) is 10.0 Å². The number of benzene rings is 3. The Hall–Kier alpha value is -3.64. The molecule has 0 radical (unpaired) electrons. The molecule has 6 heteroatoms. The van der Waals surface area contributed by atoms with E-state index in [2.05, 4.69) is 15.9 Å². The summed E-state index contributed by atoms with van der Waals surface area (Å²) in [5.74, 6) is 0.626. The summed E-state index contributed by atoms with van der Waals surface area (Å²) in [4.78, 5) is 24.8. The molecule has 0 fully saturated rings. The van der Waals surface area contributed by atoms with Crippen molar-refractivity contribution in [3.05, 3.63) is 99.7 Å². The van der Waals surface area contributed by atoms with E-state index in [1.807, 2.05) is 42.5 Å². The van der Waals surface area contributed by atoms with Gasteiger partial charge in [0, 0.05) is 22.2 Å². The molecular formula is C25H17BrO5. The minimum Gasteiger partial charge on any atom is -0.496 e. The quantitative estimate of drug-likeness (QED) is 0.268. The molecule has 154 valence electrons. The number of ketones is 1. The third-order valence-electron chi connectivity index (χ3n) is 4.55. The summed E-state index contributed by atoms with van der Waals surface area (Å²) in [5, 5.41) is 0. The smallest absolute Gasteiger partial charge is 0.336 e. The van der Waals surface area contributed by atoms with Gasteiger partial charge in [-0.2, -0.15) is 0 Å². The van der Waals surface area contributed by atoms with Gasteiger partial charge in [0.2, 0.25) is 5.78 Å². The van der Waals surface area contributed by atoms with E-state index in [0.29, 0.717) is 22.6 Å². The van der Waals surface area contributed by atoms with Gasteiger partial charge in [-0.05, 0) is 48.0 Å². The number of ether oxygens (including phenoxy) is 3. The lowest BCUT2D eigenvalue weighted by Gasteiger charge is -2.06. The van der Waals surface area contributed by atoms with Gasteiger partial charge in [0.05, 0.1) is 12.7 Å². The second kappa shape index (κ2) is 9.02. The van der Waals surface area contributed by atoms with Gasteiger partial charge in [0.15, 0.2) is 5.76 Å². The number of hydrogen-bond acceptors (Lipinski definition) is 5. The molecule has 0 atom stereocenters. The van der Waals surface area contributed by atoms with Gasteiger partial charge in [-0.15, -0.1) is 0 Å². The molecule has 1 aliphatic rings. The average molecular weight is 477 g/mol. The van der Waals surface area contributed by atoms with Crippen molar-refractivity contribution in [2.45, 2.75) is 0 Å². The van der Waals surface area contributed by atoms with E-state index < -0.39 is 5.97 Å². The van der Waals surface area contributed by atoms with E-state index in [9.17, 15) is 9.59 Å². The zero-order chi connectivity index (χ0) is 21.8. The minimum absolute atomic E-state index is 0.166. The van der Waals surface area contributed by atoms with Crippen molar-refractivity contribution < 1.29 is 23.8 Å². The number of esters is 1. The van der Waals surface area contributed by atoms with Gasteiger partial charge in [-0.1, -0.05) is 46.3 Å². The summed E-state index contributed by atoms with van der Waals surface area (Å²) in [7, 11) is 1.56. The zero-order valence-corrected chi connectivity index (χ0v) is 18.1. The highest BCUT2D eigenvalue weighted by Crippen LogP contribution is 2.36. The number of carbonyl (C=O) groups is 2. The molecule has 0 aromatic heterocycles. The predicted octanol–water partition coefficient (Wildman–Crippen LogP) is 5.69. The first kappa shape index (κ1) is 20.6. The van der Waals surface area contributed by atoms with Crippen LogP contribution in [0, 0.1) is 0 Å². The van der Waals surface area contributed by atoms with Crippen LogP contribution in [0.4, 0.5) is 0 Å². The molecule has 1 aliphatic heterocycles. The van der Waals surface area contributed by atoms with Crippen LogP contribution in [0.1, 0.15) is 21.5 Å². The van der Waals surface area contributed by atoms with Gasteiger partial charge in [0.25, 0.3) is 0 Å². The van der Waals surface area contributed by atoms with E-state index in [4.69, 9.17) is 14.2 Å². The lowest BCUT2D eigenvalue weighted by Crippen LogP contribution is -2.03. The monoisotopic (exact) mass is 476 g/mol. The summed E-state index contributed by atoms with van der Waals surface area (Å²) >= 11 is 3.41. The van der Waals surface area contributed by atoms with Gasteiger partial charge >= 0.3 is 5.97 Å². The number of carbonyl (C=O) groups excluding carboxylic acids is 2. The number of methoxy groups -OCH3 is 1. The Kier molecular flexibility index (Phi) is 6.00. The van der Waals surface area contributed by atoms with Gasteiger partial charge in [0.1, 0.15) is 17.2 Å². The summed E-state index contributed by atoms with van der Waals surface area (Å²) in [6.07, 6.45) is 4.64. The van der Waals surface area contributed by atoms with Crippen LogP contribution in [-0.2, 0) is 4.79 Å². The molecule has 1 heterocycles. The van der Waals surface area contributed by atoms with Crippen molar-refractivity contribution in [2.75, 3.05) is 7.11 Å². The second-order valence-corrected chi connectivity index (χ2v) is 7.56. The molecular weight excluding hydrogens is 460 g/mol. The number of hydrogen-bond donors (Lipinski definition) is 0. The third kappa shape index (κ3) is 4.75. The number of allylic oxidation sites excluding steroid dienone is 1. The number of fused-ring (bicyclic) bond motifs is 1. The summed E-state index contributed by atoms with van der Waals surface area (Å²) in [6.45, 7) is 0. The Morgan fingerprint density at radius 1 is 1.03 bits per heavy atom. The highest BCUT2D eigenvalue weighted by Gasteiger charge is 2.28. The van der Waals surface area contributed by atoms with Crippen molar-refractivity contribution in [3.63, 3.8) is 0 Å². The SMILES string of the molecule is COc1ccc(Br)cc1/C=C1\Oc2cc(OC(=O)/C=C/c3ccccc3)ccc2C1=O. The van der Waals surface area contributed by atoms with Crippen LogP contribution >= 0.6 is 15.9 Å². The molecule has 0 N–H and O–H groups in total. The first-order valence-corrected chi connectivity index (χ1v) is 10.2. The van der Waals surface area contributed by atoms with Crippen molar-refractivity contribution in [2.24, 2.45) is 0 Å². The van der Waals surface area contributed by atoms with E-state index in [1.54, 1.807) is 37.5 Å². The number of Topliss-reactive ketones (excluding diaryl/α,β-unsaturated/α-hetero) is 1. The number of rotatable bonds is 5. The first-order valence-electron chi connectivity index (χ1n) is 9.40. The lowest BCUT2D eigenvalue weighted by molar-refractivity contribution is -0.128. The molecule has 0 amide bonds. The van der Waals surface area contributed by atoms with E-state index in [1.165, 1.54) is 12.1 Å². The summed E-state index contributed by atoms with van der Waals surface area (Å²) in [5.41, 5.74) is 1.99. The fourth-order valence-electron chi connectivity index (χ4n) is 3.07. The molecule has 5 nitrogen and oxygen atoms in total. The predicted molar refractivity (Wildman–Crippen MR) is 121 cm³/mol. The molecule has 0 spiro atoms. The summed E-state index contributed by atoms with van der Waals surface area (Å²) in [6, 6.07) is 19.6. The Bertz CT molecular complexity index is 1210. The normalized spacial score (nSPS) is 13.9. The highest BCUT2D eigenvalue weighted by atomic mass is 79.9. The Labute approximate surface area is 187 Å². The van der Waals surface area contributed by atoms with Crippen molar-refractivity contribution in [1.29, 1.82) is 0 Å². The summed E-state index contributed by atoms with van der Waals surface area (Å²) < 4.78 is 17.3. The van der Waals surface area contributed by atoms with Gasteiger partial charge in [-0.3, -0.25) is 4.79 Å². The second-order valence-electron chi connectivity index (χ2n) is 6.65. The molecule has 3 aromatic rings. The Morgan fingerprint density at radius 3 is 2.61 bits per heavy atom. The lowest BCUT2D eigenvalue weighted by atomic mass is 10.1. The maximum atomic E-state index is 12.7. The fourth-order valence-corrected chi connectivity index (χ4v) is 3.45. The van der Waals surface area contributed by atoms with Gasteiger partial charge < -0.3 is 14.2 Å². The van der Waals surface area contributed by atoms with E-state index >= 15 is 0 Å². The Balaban J connectivity index is 1.51. The topological polar surface area (TPSA) is 61.8 Å². The largest absolute Gasteiger partial charge is 0.496 e.